The van der Waals surface area contributed by atoms with Crippen LogP contribution in [0.4, 0.5) is 8.78 Å². The van der Waals surface area contributed by atoms with Gasteiger partial charge < -0.3 is 25.4 Å². The molecule has 3 amide bonds. The number of nitrogens with zero attached hydrogens (tertiary/aromatic N) is 1. The summed E-state index contributed by atoms with van der Waals surface area (Å²) in [6, 6.07) is 15.3. The predicted molar refractivity (Wildman–Crippen MR) is 188 cm³/mol. The zero-order valence-corrected chi connectivity index (χ0v) is 29.8. The van der Waals surface area contributed by atoms with E-state index in [1.807, 2.05) is 44.2 Å². The van der Waals surface area contributed by atoms with E-state index >= 15 is 0 Å². The minimum atomic E-state index is -3.51. The van der Waals surface area contributed by atoms with Crippen molar-refractivity contribution in [1.29, 1.82) is 0 Å². The molecule has 10 nitrogen and oxygen atoms in total. The Labute approximate surface area is 293 Å². The van der Waals surface area contributed by atoms with Crippen LogP contribution in [-0.4, -0.2) is 92.6 Å². The second-order valence-corrected chi connectivity index (χ2v) is 14.6. The molecule has 13 heteroatoms. The molecule has 3 N–H and O–H groups in total. The van der Waals surface area contributed by atoms with Crippen molar-refractivity contribution in [1.82, 2.24) is 15.5 Å². The molecule has 0 fully saturated rings. The molecule has 0 bridgehead atoms. The first-order valence-electron chi connectivity index (χ1n) is 16.7. The van der Waals surface area contributed by atoms with Crippen LogP contribution in [0.25, 0.3) is 0 Å². The molecule has 272 valence electrons. The Balaban J connectivity index is 1.95. The maximum absolute atomic E-state index is 14.2. The molecular weight excluding hydrogens is 668 g/mol. The lowest BCUT2D eigenvalue weighted by atomic mass is 9.96. The van der Waals surface area contributed by atoms with Gasteiger partial charge in [-0.05, 0) is 79.6 Å². The van der Waals surface area contributed by atoms with Crippen LogP contribution < -0.4 is 10.6 Å². The van der Waals surface area contributed by atoms with E-state index in [-0.39, 0.29) is 30.0 Å². The quantitative estimate of drug-likeness (QED) is 0.170. The number of carbonyl (C=O) groups excluding carboxylic acids is 3. The highest BCUT2D eigenvalue weighted by atomic mass is 32.2. The zero-order chi connectivity index (χ0) is 36.8. The third-order valence-corrected chi connectivity index (χ3v) is 8.75. The van der Waals surface area contributed by atoms with Crippen molar-refractivity contribution in [2.24, 2.45) is 0 Å². The van der Waals surface area contributed by atoms with Crippen LogP contribution in [0.5, 0.6) is 0 Å². The SMILES string of the molecule is CCCN(CCC)C(=O)c1cc(C)cc(C(=O)N[C@@H](Cc2cc(F)cc(F)c2)[C@@H](O)[C@@H](OCCS(C)(=O)=O)C(=O)NCCc2ccccc2)c1. The standard InChI is InChI=1S/C37H47F2N3O7S/c1-5-14-42(15-6-2)37(46)29-19-25(3)18-28(23-29)35(44)41-32(22-27-20-30(38)24-31(39)21-27)33(43)34(49-16-17-50(4,47)48)36(45)40-13-12-26-10-8-7-9-11-26/h7-11,18-21,23-24,32-34,43H,5-6,12-17,22H2,1-4H3,(H,40,45)(H,41,44)/t32-,33+,34+/m0/s1. The zero-order valence-electron chi connectivity index (χ0n) is 29.0. The summed E-state index contributed by atoms with van der Waals surface area (Å²) in [4.78, 5) is 42.3. The molecule has 0 unspecified atom stereocenters. The maximum atomic E-state index is 14.2. The van der Waals surface area contributed by atoms with E-state index in [4.69, 9.17) is 4.74 Å². The van der Waals surface area contributed by atoms with Crippen LogP contribution in [0.3, 0.4) is 0 Å². The summed E-state index contributed by atoms with van der Waals surface area (Å²) >= 11 is 0. The molecule has 3 rings (SSSR count). The van der Waals surface area contributed by atoms with Gasteiger partial charge in [-0.25, -0.2) is 17.2 Å². The van der Waals surface area contributed by atoms with E-state index in [0.29, 0.717) is 36.7 Å². The van der Waals surface area contributed by atoms with Gasteiger partial charge in [0.2, 0.25) is 0 Å². The maximum Gasteiger partial charge on any atom is 0.253 e. The minimum Gasteiger partial charge on any atom is -0.388 e. The second kappa shape index (κ2) is 19.3. The molecule has 0 aliphatic heterocycles. The highest BCUT2D eigenvalue weighted by molar-refractivity contribution is 7.90. The number of hydrogen-bond acceptors (Lipinski definition) is 7. The third-order valence-electron chi connectivity index (χ3n) is 7.84. The van der Waals surface area contributed by atoms with E-state index in [0.717, 1.165) is 36.8 Å². The van der Waals surface area contributed by atoms with Crippen LogP contribution >= 0.6 is 0 Å². The monoisotopic (exact) mass is 715 g/mol. The Morgan fingerprint density at radius 1 is 0.900 bits per heavy atom. The Morgan fingerprint density at radius 3 is 2.12 bits per heavy atom. The number of aliphatic hydroxyl groups is 1. The van der Waals surface area contributed by atoms with E-state index in [1.54, 1.807) is 24.0 Å². The number of carbonyl (C=O) groups is 3. The Hall–Kier alpha value is -4.20. The summed E-state index contributed by atoms with van der Waals surface area (Å²) in [6.07, 6.45) is -0.878. The average Bonchev–Trinajstić information content (AvgIpc) is 3.05. The first kappa shape index (κ1) is 40.2. The van der Waals surface area contributed by atoms with E-state index in [1.165, 1.54) is 6.07 Å². The van der Waals surface area contributed by atoms with Gasteiger partial charge in [-0.15, -0.1) is 0 Å². The first-order valence-corrected chi connectivity index (χ1v) is 18.7. The Morgan fingerprint density at radius 2 is 1.52 bits per heavy atom. The van der Waals surface area contributed by atoms with Crippen LogP contribution in [0.2, 0.25) is 0 Å². The van der Waals surface area contributed by atoms with Gasteiger partial charge in [0.15, 0.2) is 6.10 Å². The van der Waals surface area contributed by atoms with Crippen LogP contribution in [0.1, 0.15) is 64.1 Å². The van der Waals surface area contributed by atoms with Gasteiger partial charge in [-0.3, -0.25) is 14.4 Å². The predicted octanol–water partition coefficient (Wildman–Crippen LogP) is 4.03. The fraction of sp³-hybridized carbons (Fsp3) is 0.432. The lowest BCUT2D eigenvalue weighted by Gasteiger charge is -2.30. The lowest BCUT2D eigenvalue weighted by Crippen LogP contribution is -2.55. The third kappa shape index (κ3) is 12.9. The molecule has 0 saturated heterocycles. The normalized spacial score (nSPS) is 13.3. The molecule has 0 heterocycles. The van der Waals surface area contributed by atoms with Crippen molar-refractivity contribution in [3.8, 4) is 0 Å². The van der Waals surface area contributed by atoms with Crippen LogP contribution in [-0.2, 0) is 32.2 Å². The number of halogens is 2. The largest absolute Gasteiger partial charge is 0.388 e. The van der Waals surface area contributed by atoms with Gasteiger partial charge in [0, 0.05) is 43.1 Å². The number of ether oxygens (including phenoxy) is 1. The summed E-state index contributed by atoms with van der Waals surface area (Å²) in [6.45, 7) is 6.43. The molecule has 0 aromatic heterocycles. The summed E-state index contributed by atoms with van der Waals surface area (Å²) < 4.78 is 57.8. The molecule has 3 aromatic rings. The number of nitrogens with one attached hydrogen (secondary N) is 2. The van der Waals surface area contributed by atoms with Crippen LogP contribution in [0, 0.1) is 18.6 Å². The number of amides is 3. The van der Waals surface area contributed by atoms with Crippen molar-refractivity contribution in [2.45, 2.75) is 64.7 Å². The summed E-state index contributed by atoms with van der Waals surface area (Å²) in [5.41, 5.74) is 2.01. The van der Waals surface area contributed by atoms with Gasteiger partial charge in [-0.1, -0.05) is 44.2 Å². The molecule has 3 aromatic carbocycles. The van der Waals surface area contributed by atoms with Gasteiger partial charge in [-0.2, -0.15) is 0 Å². The van der Waals surface area contributed by atoms with Crippen molar-refractivity contribution < 1.29 is 41.4 Å². The van der Waals surface area contributed by atoms with E-state index in [2.05, 4.69) is 10.6 Å². The minimum absolute atomic E-state index is 0.0705. The number of hydrogen-bond donors (Lipinski definition) is 3. The smallest absolute Gasteiger partial charge is 0.253 e. The van der Waals surface area contributed by atoms with Crippen molar-refractivity contribution >= 4 is 27.6 Å². The second-order valence-electron chi connectivity index (χ2n) is 12.4. The fourth-order valence-electron chi connectivity index (χ4n) is 5.51. The van der Waals surface area contributed by atoms with Crippen molar-refractivity contribution in [2.75, 3.05) is 38.2 Å². The summed E-state index contributed by atoms with van der Waals surface area (Å²) in [5.74, 6) is -3.96. The topological polar surface area (TPSA) is 142 Å². The molecule has 3 atom stereocenters. The number of aliphatic hydroxyl groups excluding tert-OH is 1. The first-order chi connectivity index (χ1) is 23.7. The molecule has 0 aliphatic rings. The number of benzene rings is 3. The molecule has 50 heavy (non-hydrogen) atoms. The van der Waals surface area contributed by atoms with Gasteiger partial charge in [0.1, 0.15) is 27.6 Å². The highest BCUT2D eigenvalue weighted by Gasteiger charge is 2.35. The number of sulfone groups is 1. The number of rotatable bonds is 19. The fourth-order valence-corrected chi connectivity index (χ4v) is 5.91. The molecule has 0 spiro atoms. The summed E-state index contributed by atoms with van der Waals surface area (Å²) in [7, 11) is -3.51. The van der Waals surface area contributed by atoms with E-state index in [9.17, 15) is 36.7 Å². The Kier molecular flexibility index (Phi) is 15.5. The van der Waals surface area contributed by atoms with Crippen molar-refractivity contribution in [3.63, 3.8) is 0 Å². The van der Waals surface area contributed by atoms with Gasteiger partial charge >= 0.3 is 0 Å². The molecule has 0 aliphatic carbocycles. The Bertz CT molecular complexity index is 1680. The highest BCUT2D eigenvalue weighted by Crippen LogP contribution is 2.18. The molecule has 0 saturated carbocycles. The van der Waals surface area contributed by atoms with Gasteiger partial charge in [0.25, 0.3) is 17.7 Å². The van der Waals surface area contributed by atoms with Crippen LogP contribution in [0.15, 0.2) is 66.7 Å². The summed E-state index contributed by atoms with van der Waals surface area (Å²) in [5, 5.41) is 17.0. The molecule has 0 radical (unpaired) electrons. The van der Waals surface area contributed by atoms with E-state index < -0.39 is 63.9 Å². The molecular formula is C37H47F2N3O7S. The van der Waals surface area contributed by atoms with Gasteiger partial charge in [0.05, 0.1) is 18.4 Å². The number of aryl methyl sites for hydroxylation is 1. The lowest BCUT2D eigenvalue weighted by molar-refractivity contribution is -0.141. The average molecular weight is 716 g/mol. The van der Waals surface area contributed by atoms with Crippen molar-refractivity contribution in [3.05, 3.63) is 106 Å².